The summed E-state index contributed by atoms with van der Waals surface area (Å²) in [6.45, 7) is 3.78. The van der Waals surface area contributed by atoms with Crippen molar-refractivity contribution in [1.29, 1.82) is 5.41 Å². The van der Waals surface area contributed by atoms with Crippen molar-refractivity contribution in [3.8, 4) is 11.4 Å². The van der Waals surface area contributed by atoms with Gasteiger partial charge in [-0.1, -0.05) is 63.6 Å². The van der Waals surface area contributed by atoms with E-state index < -0.39 is 60.5 Å². The number of nitrogens with one attached hydrogen (secondary N) is 3. The summed E-state index contributed by atoms with van der Waals surface area (Å²) in [6, 6.07) is 3.43. The highest BCUT2D eigenvalue weighted by atomic mass is 35.5. The van der Waals surface area contributed by atoms with Crippen molar-refractivity contribution >= 4 is 35.1 Å². The van der Waals surface area contributed by atoms with Crippen molar-refractivity contribution in [3.05, 3.63) is 71.3 Å². The van der Waals surface area contributed by atoms with Crippen LogP contribution < -0.4 is 5.32 Å². The van der Waals surface area contributed by atoms with E-state index >= 15 is 4.79 Å². The van der Waals surface area contributed by atoms with Gasteiger partial charge in [0.15, 0.2) is 11.8 Å². The summed E-state index contributed by atoms with van der Waals surface area (Å²) in [5.74, 6) is -0.379. The first-order chi connectivity index (χ1) is 24.5. The number of alkyl halides is 4. The Hall–Kier alpha value is -4.73. The largest absolute Gasteiger partial charge is 0.447 e. The molecule has 17 heteroatoms. The fraction of sp³-hybridized carbons (Fsp3) is 0.486. The van der Waals surface area contributed by atoms with Gasteiger partial charge in [0.25, 0.3) is 12.3 Å². The minimum Gasteiger partial charge on any atom is -0.447 e. The molecule has 3 N–H and O–H groups in total. The van der Waals surface area contributed by atoms with Gasteiger partial charge < -0.3 is 10.1 Å². The van der Waals surface area contributed by atoms with Crippen LogP contribution in [-0.2, 0) is 9.53 Å². The summed E-state index contributed by atoms with van der Waals surface area (Å²) >= 11 is 6.54. The highest BCUT2D eigenvalue weighted by Crippen LogP contribution is 2.50. The Labute approximate surface area is 302 Å². The molecule has 1 unspecified atom stereocenters. The van der Waals surface area contributed by atoms with Gasteiger partial charge in [0.05, 0.1) is 23.8 Å². The Kier molecular flexibility index (Phi) is 9.98. The van der Waals surface area contributed by atoms with Crippen molar-refractivity contribution in [1.82, 2.24) is 40.1 Å². The van der Waals surface area contributed by atoms with E-state index in [-0.39, 0.29) is 18.4 Å². The number of allylic oxidation sites excluding steroid dienone is 3. The molecule has 3 atom stereocenters. The SMILES string of the molecule is CC(C)(C)C[C@]1(C2(C)C=CC(c3cnn(C(F)F)c3)=CC2)NC(=N)N([C@H](COC(=O)N(CC(F)F)C2CC2)c2ccc(Cl)c(-c3ncn[nH]3)c2)C1=O. The summed E-state index contributed by atoms with van der Waals surface area (Å²) in [7, 11) is 0. The minimum absolute atomic E-state index is 0.249. The second-order valence-electron chi connectivity index (χ2n) is 14.8. The lowest BCUT2D eigenvalue weighted by molar-refractivity contribution is -0.138. The van der Waals surface area contributed by atoms with E-state index in [0.29, 0.717) is 57.1 Å². The Bertz CT molecular complexity index is 1890. The summed E-state index contributed by atoms with van der Waals surface area (Å²) < 4.78 is 59.6. The second-order valence-corrected chi connectivity index (χ2v) is 15.2. The van der Waals surface area contributed by atoms with E-state index in [1.165, 1.54) is 23.6 Å². The zero-order chi connectivity index (χ0) is 37.6. The molecule has 2 aromatic heterocycles. The molecular formula is C35H40ClF4N9O3. The van der Waals surface area contributed by atoms with Gasteiger partial charge in [-0.15, -0.1) is 0 Å². The number of hydrogen-bond donors (Lipinski definition) is 3. The molecule has 1 saturated heterocycles. The van der Waals surface area contributed by atoms with Crippen LogP contribution in [0.15, 0.2) is 55.1 Å². The van der Waals surface area contributed by atoms with Gasteiger partial charge in [0.2, 0.25) is 0 Å². The molecule has 3 aliphatic rings. The molecule has 2 amide bonds. The molecule has 2 fully saturated rings. The maximum absolute atomic E-state index is 15.2. The van der Waals surface area contributed by atoms with E-state index in [1.807, 2.05) is 39.8 Å². The molecule has 12 nitrogen and oxygen atoms in total. The molecular weight excluding hydrogens is 706 g/mol. The van der Waals surface area contributed by atoms with Gasteiger partial charge >= 0.3 is 12.6 Å². The third-order valence-corrected chi connectivity index (χ3v) is 10.0. The third kappa shape index (κ3) is 7.30. The van der Waals surface area contributed by atoms with Gasteiger partial charge in [-0.2, -0.15) is 19.0 Å². The lowest BCUT2D eigenvalue weighted by Gasteiger charge is -2.46. The molecule has 1 aromatic carbocycles. The van der Waals surface area contributed by atoms with Crippen LogP contribution in [0.5, 0.6) is 0 Å². The Morgan fingerprint density at radius 2 is 1.98 bits per heavy atom. The average molecular weight is 746 g/mol. The molecule has 3 aromatic rings. The van der Waals surface area contributed by atoms with E-state index in [1.54, 1.807) is 24.3 Å². The molecule has 1 saturated carbocycles. The number of aromatic amines is 1. The van der Waals surface area contributed by atoms with Crippen LogP contribution in [0.3, 0.4) is 0 Å². The normalized spacial score (nSPS) is 22.6. The minimum atomic E-state index is -2.79. The number of rotatable bonds is 12. The van der Waals surface area contributed by atoms with Crippen molar-refractivity contribution in [3.63, 3.8) is 0 Å². The summed E-state index contributed by atoms with van der Waals surface area (Å²) in [4.78, 5) is 34.9. The standard InChI is InChI=1S/C35H40ClF4N9O3/c1-33(2,3)18-35(34(4)11-9-20(10-12-34)22-14-44-48(15-22)30(39)40)29(50)49(31(41)45-35)26(17-52-32(51)47(16-27(37)38)23-6-7-23)21-5-8-25(36)24(13-21)28-42-19-43-46-28/h5,8-11,13-15,19,23,26-27,30H,6-7,12,16-18H2,1-4H3,(H2,41,45)(H,42,43,46)/t26-,34?,35+/m1/s1. The van der Waals surface area contributed by atoms with Crippen molar-refractivity contribution in [2.75, 3.05) is 13.2 Å². The zero-order valence-electron chi connectivity index (χ0n) is 29.0. The number of guanidine groups is 1. The van der Waals surface area contributed by atoms with Gasteiger partial charge in [-0.05, 0) is 54.4 Å². The molecule has 278 valence electrons. The monoisotopic (exact) mass is 745 g/mol. The Morgan fingerprint density at radius 1 is 1.23 bits per heavy atom. The first-order valence-corrected chi connectivity index (χ1v) is 17.2. The number of aromatic nitrogens is 5. The topological polar surface area (TPSA) is 145 Å². The smallest absolute Gasteiger partial charge is 0.410 e. The fourth-order valence-corrected chi connectivity index (χ4v) is 7.22. The molecule has 0 bridgehead atoms. The first kappa shape index (κ1) is 37.0. The van der Waals surface area contributed by atoms with Gasteiger partial charge in [0.1, 0.15) is 18.5 Å². The first-order valence-electron chi connectivity index (χ1n) is 16.8. The molecule has 1 aliphatic heterocycles. The maximum Gasteiger partial charge on any atom is 0.410 e. The molecule has 52 heavy (non-hydrogen) atoms. The van der Waals surface area contributed by atoms with Crippen molar-refractivity contribution < 1.29 is 31.9 Å². The van der Waals surface area contributed by atoms with E-state index in [2.05, 4.69) is 25.6 Å². The van der Waals surface area contributed by atoms with Crippen molar-refractivity contribution in [2.24, 2.45) is 10.8 Å². The Balaban J connectivity index is 1.37. The number of H-pyrrole nitrogens is 1. The van der Waals surface area contributed by atoms with Crippen molar-refractivity contribution in [2.45, 2.75) is 84.0 Å². The van der Waals surface area contributed by atoms with E-state index in [4.69, 9.17) is 16.3 Å². The Morgan fingerprint density at radius 3 is 2.56 bits per heavy atom. The maximum atomic E-state index is 15.2. The zero-order valence-corrected chi connectivity index (χ0v) is 29.8. The molecule has 2 aliphatic carbocycles. The summed E-state index contributed by atoms with van der Waals surface area (Å²) in [5.41, 5.74) is -0.763. The van der Waals surface area contributed by atoms with Crippen LogP contribution in [0.1, 0.15) is 77.1 Å². The van der Waals surface area contributed by atoms with Crippen LogP contribution in [-0.4, -0.2) is 83.9 Å². The average Bonchev–Trinajstić information content (AvgIpc) is 3.43. The third-order valence-electron chi connectivity index (χ3n) is 9.72. The predicted molar refractivity (Wildman–Crippen MR) is 184 cm³/mol. The number of carbonyl (C=O) groups is 2. The molecule has 0 spiro atoms. The fourth-order valence-electron chi connectivity index (χ4n) is 7.01. The van der Waals surface area contributed by atoms with E-state index in [0.717, 1.165) is 4.90 Å². The quantitative estimate of drug-likeness (QED) is 0.166. The van der Waals surface area contributed by atoms with Crippen LogP contribution in [0.25, 0.3) is 17.0 Å². The van der Waals surface area contributed by atoms with E-state index in [9.17, 15) is 27.8 Å². The highest BCUT2D eigenvalue weighted by Gasteiger charge is 2.61. The summed E-state index contributed by atoms with van der Waals surface area (Å²) in [6.07, 6.45) is 7.40. The van der Waals surface area contributed by atoms with Gasteiger partial charge in [-0.25, -0.2) is 23.2 Å². The molecule has 6 rings (SSSR count). The van der Waals surface area contributed by atoms with Crippen LogP contribution >= 0.6 is 11.6 Å². The number of amides is 2. The summed E-state index contributed by atoms with van der Waals surface area (Å²) in [5, 5.41) is 23.2. The second kappa shape index (κ2) is 14.0. The predicted octanol–water partition coefficient (Wildman–Crippen LogP) is 7.22. The number of nitrogens with zero attached hydrogens (tertiary/aromatic N) is 6. The lowest BCUT2D eigenvalue weighted by Crippen LogP contribution is -2.60. The molecule has 3 heterocycles. The number of halogens is 5. The molecule has 0 radical (unpaired) electrons. The highest BCUT2D eigenvalue weighted by molar-refractivity contribution is 6.33. The van der Waals surface area contributed by atoms with Crippen LogP contribution in [0, 0.1) is 16.2 Å². The number of ether oxygens (including phenoxy) is 1. The number of hydrogen-bond acceptors (Lipinski definition) is 7. The number of benzene rings is 1. The van der Waals surface area contributed by atoms with Gasteiger partial charge in [-0.3, -0.25) is 25.1 Å². The van der Waals surface area contributed by atoms with Crippen LogP contribution in [0.2, 0.25) is 5.02 Å². The van der Waals surface area contributed by atoms with Crippen LogP contribution in [0.4, 0.5) is 22.4 Å². The lowest BCUT2D eigenvalue weighted by atomic mass is 9.61. The number of carbonyl (C=O) groups excluding carboxylic acids is 2. The van der Waals surface area contributed by atoms with Gasteiger partial charge in [0, 0.05) is 28.8 Å².